The summed E-state index contributed by atoms with van der Waals surface area (Å²) in [4.78, 5) is 0.454. The van der Waals surface area contributed by atoms with Crippen LogP contribution < -0.4 is 5.73 Å². The van der Waals surface area contributed by atoms with Crippen LogP contribution >= 0.6 is 12.6 Å². The second kappa shape index (κ2) is 2.30. The van der Waals surface area contributed by atoms with E-state index in [4.69, 9.17) is 15.9 Å². The van der Waals surface area contributed by atoms with Gasteiger partial charge in [0.2, 0.25) is 0 Å². The SMILES string of the molecule is Nc1cc(O)c(O)cc1S. The quantitative estimate of drug-likeness (QED) is 0.196. The molecule has 0 spiro atoms. The normalized spacial score (nSPS) is 9.70. The fraction of sp³-hybridized carbons (Fsp3) is 0. The summed E-state index contributed by atoms with van der Waals surface area (Å²) >= 11 is 3.92. The van der Waals surface area contributed by atoms with Gasteiger partial charge in [-0.3, -0.25) is 0 Å². The summed E-state index contributed by atoms with van der Waals surface area (Å²) in [5, 5.41) is 17.7. The largest absolute Gasteiger partial charge is 0.504 e. The maximum absolute atomic E-state index is 8.87. The molecule has 54 valence electrons. The Bertz CT molecular complexity index is 212. The molecule has 0 bridgehead atoms. The van der Waals surface area contributed by atoms with E-state index < -0.39 is 0 Å². The first-order chi connectivity index (χ1) is 4.61. The molecule has 0 fully saturated rings. The van der Waals surface area contributed by atoms with E-state index in [0.29, 0.717) is 10.6 Å². The highest BCUT2D eigenvalue weighted by Gasteiger charge is 2.01. The molecule has 0 aliphatic carbocycles. The minimum Gasteiger partial charge on any atom is -0.504 e. The maximum Gasteiger partial charge on any atom is 0.159 e. The van der Waals surface area contributed by atoms with Crippen LogP contribution in [0, 0.1) is 0 Å². The molecule has 0 saturated heterocycles. The maximum atomic E-state index is 8.87. The van der Waals surface area contributed by atoms with Gasteiger partial charge >= 0.3 is 0 Å². The van der Waals surface area contributed by atoms with Crippen LogP contribution in [-0.4, -0.2) is 10.2 Å². The Morgan fingerprint density at radius 1 is 1.20 bits per heavy atom. The van der Waals surface area contributed by atoms with E-state index in [1.165, 1.54) is 12.1 Å². The van der Waals surface area contributed by atoms with Crippen molar-refractivity contribution in [3.8, 4) is 11.5 Å². The molecule has 0 amide bonds. The number of aromatic hydroxyl groups is 2. The molecule has 0 unspecified atom stereocenters. The monoisotopic (exact) mass is 157 g/mol. The molecule has 0 saturated carbocycles. The van der Waals surface area contributed by atoms with Gasteiger partial charge < -0.3 is 15.9 Å². The first kappa shape index (κ1) is 7.08. The van der Waals surface area contributed by atoms with Gasteiger partial charge in [-0.25, -0.2) is 0 Å². The lowest BCUT2D eigenvalue weighted by molar-refractivity contribution is 0.403. The Balaban J connectivity index is 3.28. The molecule has 0 radical (unpaired) electrons. The van der Waals surface area contributed by atoms with E-state index in [2.05, 4.69) is 12.6 Å². The van der Waals surface area contributed by atoms with Gasteiger partial charge in [0.1, 0.15) is 0 Å². The summed E-state index contributed by atoms with van der Waals surface area (Å²) < 4.78 is 0. The number of anilines is 1. The fourth-order valence-electron chi connectivity index (χ4n) is 0.582. The highest BCUT2D eigenvalue weighted by atomic mass is 32.1. The summed E-state index contributed by atoms with van der Waals surface area (Å²) in [7, 11) is 0. The molecule has 0 aliphatic rings. The van der Waals surface area contributed by atoms with E-state index in [1.54, 1.807) is 0 Å². The van der Waals surface area contributed by atoms with Crippen LogP contribution in [0.25, 0.3) is 0 Å². The fourth-order valence-corrected chi connectivity index (χ4v) is 0.769. The molecular weight excluding hydrogens is 150 g/mol. The molecule has 0 aliphatic heterocycles. The van der Waals surface area contributed by atoms with Gasteiger partial charge in [-0.1, -0.05) is 0 Å². The summed E-state index contributed by atoms with van der Waals surface area (Å²) in [6.45, 7) is 0. The summed E-state index contributed by atoms with van der Waals surface area (Å²) in [5.74, 6) is -0.436. The minimum absolute atomic E-state index is 0.209. The van der Waals surface area contributed by atoms with Crippen LogP contribution in [0.2, 0.25) is 0 Å². The lowest BCUT2D eigenvalue weighted by Gasteiger charge is -2.00. The number of benzene rings is 1. The lowest BCUT2D eigenvalue weighted by atomic mass is 10.3. The second-order valence-corrected chi connectivity index (χ2v) is 2.38. The smallest absolute Gasteiger partial charge is 0.159 e. The Morgan fingerprint density at radius 2 is 1.70 bits per heavy atom. The zero-order chi connectivity index (χ0) is 7.72. The zero-order valence-corrected chi connectivity index (χ0v) is 5.97. The van der Waals surface area contributed by atoms with E-state index in [-0.39, 0.29) is 11.5 Å². The van der Waals surface area contributed by atoms with E-state index in [0.717, 1.165) is 0 Å². The van der Waals surface area contributed by atoms with Crippen LogP contribution in [0.1, 0.15) is 0 Å². The highest BCUT2D eigenvalue weighted by molar-refractivity contribution is 7.80. The van der Waals surface area contributed by atoms with Crippen LogP contribution in [0.3, 0.4) is 0 Å². The average molecular weight is 157 g/mol. The molecule has 1 aromatic rings. The molecule has 10 heavy (non-hydrogen) atoms. The Labute approximate surface area is 63.5 Å². The first-order valence-electron chi connectivity index (χ1n) is 2.61. The Kier molecular flexibility index (Phi) is 1.63. The minimum atomic E-state index is -0.227. The standard InChI is InChI=1S/C6H7NO2S/c7-3-1-4(8)5(9)2-6(3)10/h1-2,8-10H,7H2. The third kappa shape index (κ3) is 1.11. The van der Waals surface area contributed by atoms with Gasteiger partial charge in [0.15, 0.2) is 11.5 Å². The van der Waals surface area contributed by atoms with Crippen LogP contribution in [-0.2, 0) is 0 Å². The first-order valence-corrected chi connectivity index (χ1v) is 3.06. The predicted molar refractivity (Wildman–Crippen MR) is 41.4 cm³/mol. The van der Waals surface area contributed by atoms with E-state index in [9.17, 15) is 0 Å². The predicted octanol–water partition coefficient (Wildman–Crippen LogP) is 0.969. The van der Waals surface area contributed by atoms with Gasteiger partial charge in [-0.15, -0.1) is 12.6 Å². The number of rotatable bonds is 0. The molecule has 4 heteroatoms. The number of phenols is 2. The zero-order valence-electron chi connectivity index (χ0n) is 5.07. The van der Waals surface area contributed by atoms with Crippen molar-refractivity contribution in [1.29, 1.82) is 0 Å². The number of hydrogen-bond donors (Lipinski definition) is 4. The molecule has 1 rings (SSSR count). The van der Waals surface area contributed by atoms with Crippen molar-refractivity contribution < 1.29 is 10.2 Å². The summed E-state index contributed by atoms with van der Waals surface area (Å²) in [5.41, 5.74) is 5.69. The van der Waals surface area contributed by atoms with Gasteiger partial charge in [-0.05, 0) is 6.07 Å². The lowest BCUT2D eigenvalue weighted by Crippen LogP contribution is -1.85. The molecule has 0 atom stereocenters. The Hall–Kier alpha value is -1.03. The molecule has 0 heterocycles. The summed E-state index contributed by atoms with van der Waals surface area (Å²) in [6, 6.07) is 2.53. The van der Waals surface area contributed by atoms with Crippen LogP contribution in [0.5, 0.6) is 11.5 Å². The van der Waals surface area contributed by atoms with E-state index in [1.807, 2.05) is 0 Å². The van der Waals surface area contributed by atoms with Gasteiger partial charge in [0.05, 0.1) is 0 Å². The number of hydrogen-bond acceptors (Lipinski definition) is 4. The van der Waals surface area contributed by atoms with Crippen LogP contribution in [0.15, 0.2) is 17.0 Å². The van der Waals surface area contributed by atoms with Crippen molar-refractivity contribution in [3.63, 3.8) is 0 Å². The third-order valence-corrected chi connectivity index (χ3v) is 1.51. The van der Waals surface area contributed by atoms with Gasteiger partial charge in [-0.2, -0.15) is 0 Å². The van der Waals surface area contributed by atoms with Crippen LogP contribution in [0.4, 0.5) is 5.69 Å². The molecule has 4 N–H and O–H groups in total. The van der Waals surface area contributed by atoms with Gasteiger partial charge in [0, 0.05) is 16.6 Å². The van der Waals surface area contributed by atoms with Crippen molar-refractivity contribution >= 4 is 18.3 Å². The van der Waals surface area contributed by atoms with Gasteiger partial charge in [0.25, 0.3) is 0 Å². The average Bonchev–Trinajstić information content (AvgIpc) is 1.84. The number of thiol groups is 1. The number of nitrogen functional groups attached to an aromatic ring is 1. The Morgan fingerprint density at radius 3 is 2.20 bits per heavy atom. The highest BCUT2D eigenvalue weighted by Crippen LogP contribution is 2.31. The number of nitrogens with two attached hydrogens (primary N) is 1. The summed E-state index contributed by atoms with van der Waals surface area (Å²) in [6.07, 6.45) is 0. The molecular formula is C6H7NO2S. The molecule has 3 nitrogen and oxygen atoms in total. The topological polar surface area (TPSA) is 66.5 Å². The van der Waals surface area contributed by atoms with Crippen molar-refractivity contribution in [2.75, 3.05) is 5.73 Å². The van der Waals surface area contributed by atoms with E-state index >= 15 is 0 Å². The number of phenolic OH excluding ortho intramolecular Hbond substituents is 2. The van der Waals surface area contributed by atoms with Crippen molar-refractivity contribution in [2.45, 2.75) is 4.90 Å². The van der Waals surface area contributed by atoms with Crippen molar-refractivity contribution in [2.24, 2.45) is 0 Å². The molecule has 0 aromatic heterocycles. The second-order valence-electron chi connectivity index (χ2n) is 1.90. The van der Waals surface area contributed by atoms with Crippen molar-refractivity contribution in [3.05, 3.63) is 12.1 Å². The molecule has 1 aromatic carbocycles. The third-order valence-electron chi connectivity index (χ3n) is 1.12. The van der Waals surface area contributed by atoms with Crippen molar-refractivity contribution in [1.82, 2.24) is 0 Å².